The van der Waals surface area contributed by atoms with E-state index in [1.807, 2.05) is 0 Å². The molecule has 4 heteroatoms. The number of aryl methyl sites for hydroxylation is 1. The van der Waals surface area contributed by atoms with Crippen LogP contribution >= 0.6 is 0 Å². The Labute approximate surface area is 136 Å². The molecule has 0 aliphatic carbocycles. The summed E-state index contributed by atoms with van der Waals surface area (Å²) in [5, 5.41) is 0. The first kappa shape index (κ1) is 17.0. The summed E-state index contributed by atoms with van der Waals surface area (Å²) in [7, 11) is 1.32. The van der Waals surface area contributed by atoms with Crippen molar-refractivity contribution >= 4 is 5.97 Å². The van der Waals surface area contributed by atoms with E-state index >= 15 is 0 Å². The van der Waals surface area contributed by atoms with Crippen molar-refractivity contribution in [2.24, 2.45) is 0 Å². The standard InChI is InChI=1S/C19H21FO3/c1-3-4-5-7-14-10-11-17(13-18(14)20)23-16-9-6-8-15(12-16)19(21)22-2/h6,8-13H,3-5,7H2,1-2H3. The van der Waals surface area contributed by atoms with Gasteiger partial charge in [0.25, 0.3) is 0 Å². The lowest BCUT2D eigenvalue weighted by molar-refractivity contribution is 0.0600. The molecule has 0 bridgehead atoms. The normalized spacial score (nSPS) is 10.4. The van der Waals surface area contributed by atoms with E-state index in [-0.39, 0.29) is 5.82 Å². The fraction of sp³-hybridized carbons (Fsp3) is 0.316. The third-order valence-corrected chi connectivity index (χ3v) is 3.57. The highest BCUT2D eigenvalue weighted by molar-refractivity contribution is 5.89. The quantitative estimate of drug-likeness (QED) is 0.524. The maximum absolute atomic E-state index is 14.1. The Kier molecular flexibility index (Phi) is 6.15. The Morgan fingerprint density at radius 2 is 1.87 bits per heavy atom. The topological polar surface area (TPSA) is 35.5 Å². The van der Waals surface area contributed by atoms with E-state index in [0.29, 0.717) is 22.6 Å². The van der Waals surface area contributed by atoms with Gasteiger partial charge in [0.15, 0.2) is 0 Å². The average Bonchev–Trinajstić information content (AvgIpc) is 2.56. The summed E-state index contributed by atoms with van der Waals surface area (Å²) >= 11 is 0. The van der Waals surface area contributed by atoms with Crippen molar-refractivity contribution in [1.29, 1.82) is 0 Å². The van der Waals surface area contributed by atoms with Crippen LogP contribution in [-0.2, 0) is 11.2 Å². The van der Waals surface area contributed by atoms with Crippen molar-refractivity contribution in [3.63, 3.8) is 0 Å². The molecule has 0 amide bonds. The molecule has 0 saturated carbocycles. The third kappa shape index (κ3) is 4.81. The molecule has 0 atom stereocenters. The van der Waals surface area contributed by atoms with Crippen LogP contribution in [0.25, 0.3) is 0 Å². The number of hydrogen-bond donors (Lipinski definition) is 0. The first-order chi connectivity index (χ1) is 11.1. The zero-order chi connectivity index (χ0) is 16.7. The minimum atomic E-state index is -0.437. The van der Waals surface area contributed by atoms with Gasteiger partial charge in [-0.25, -0.2) is 9.18 Å². The Morgan fingerprint density at radius 3 is 2.57 bits per heavy atom. The van der Waals surface area contributed by atoms with Gasteiger partial charge in [-0.3, -0.25) is 0 Å². The van der Waals surface area contributed by atoms with Crippen molar-refractivity contribution in [1.82, 2.24) is 0 Å². The smallest absolute Gasteiger partial charge is 0.337 e. The van der Waals surface area contributed by atoms with Crippen LogP contribution < -0.4 is 4.74 Å². The number of ether oxygens (including phenoxy) is 2. The van der Waals surface area contributed by atoms with Gasteiger partial charge in [-0.2, -0.15) is 0 Å². The van der Waals surface area contributed by atoms with Crippen LogP contribution in [0.5, 0.6) is 11.5 Å². The van der Waals surface area contributed by atoms with E-state index in [4.69, 9.17) is 4.74 Å². The lowest BCUT2D eigenvalue weighted by Crippen LogP contribution is -2.01. The van der Waals surface area contributed by atoms with Crippen LogP contribution in [0.2, 0.25) is 0 Å². The number of carbonyl (C=O) groups is 1. The number of esters is 1. The number of unbranched alkanes of at least 4 members (excludes halogenated alkanes) is 2. The monoisotopic (exact) mass is 316 g/mol. The second-order valence-corrected chi connectivity index (χ2v) is 5.33. The molecule has 0 N–H and O–H groups in total. The van der Waals surface area contributed by atoms with Crippen LogP contribution in [-0.4, -0.2) is 13.1 Å². The predicted molar refractivity (Wildman–Crippen MR) is 87.5 cm³/mol. The van der Waals surface area contributed by atoms with E-state index in [2.05, 4.69) is 11.7 Å². The first-order valence-corrected chi connectivity index (χ1v) is 7.78. The van der Waals surface area contributed by atoms with Crippen LogP contribution in [0.4, 0.5) is 4.39 Å². The second kappa shape index (κ2) is 8.32. The molecule has 2 aromatic carbocycles. The summed E-state index contributed by atoms with van der Waals surface area (Å²) in [5.41, 5.74) is 1.09. The summed E-state index contributed by atoms with van der Waals surface area (Å²) in [4.78, 5) is 11.5. The molecular formula is C19H21FO3. The maximum Gasteiger partial charge on any atom is 0.337 e. The summed E-state index contributed by atoms with van der Waals surface area (Å²) in [5.74, 6) is 0.172. The largest absolute Gasteiger partial charge is 0.465 e. The molecule has 2 rings (SSSR count). The molecule has 23 heavy (non-hydrogen) atoms. The number of hydrogen-bond acceptors (Lipinski definition) is 3. The summed E-state index contributed by atoms with van der Waals surface area (Å²) < 4.78 is 24.4. The van der Waals surface area contributed by atoms with Gasteiger partial charge in [0.05, 0.1) is 12.7 Å². The number of rotatable bonds is 7. The Balaban J connectivity index is 2.08. The number of halogens is 1. The number of carbonyl (C=O) groups excluding carboxylic acids is 1. The van der Waals surface area contributed by atoms with Gasteiger partial charge in [-0.1, -0.05) is 31.9 Å². The van der Waals surface area contributed by atoms with Gasteiger partial charge in [0, 0.05) is 6.07 Å². The molecule has 0 saturated heterocycles. The number of methoxy groups -OCH3 is 1. The van der Waals surface area contributed by atoms with Crippen molar-refractivity contribution in [2.45, 2.75) is 32.6 Å². The Bertz CT molecular complexity index is 667. The highest BCUT2D eigenvalue weighted by atomic mass is 19.1. The fourth-order valence-electron chi connectivity index (χ4n) is 2.30. The van der Waals surface area contributed by atoms with Gasteiger partial charge in [-0.05, 0) is 42.7 Å². The second-order valence-electron chi connectivity index (χ2n) is 5.33. The van der Waals surface area contributed by atoms with Gasteiger partial charge in [-0.15, -0.1) is 0 Å². The summed E-state index contributed by atoms with van der Waals surface area (Å²) in [6, 6.07) is 11.5. The molecule has 3 nitrogen and oxygen atoms in total. The molecule has 0 radical (unpaired) electrons. The van der Waals surface area contributed by atoms with Crippen LogP contribution in [0, 0.1) is 5.82 Å². The van der Waals surface area contributed by atoms with Crippen molar-refractivity contribution in [2.75, 3.05) is 7.11 Å². The fourth-order valence-corrected chi connectivity index (χ4v) is 2.30. The average molecular weight is 316 g/mol. The molecule has 122 valence electrons. The van der Waals surface area contributed by atoms with Crippen molar-refractivity contribution in [3.8, 4) is 11.5 Å². The van der Waals surface area contributed by atoms with E-state index in [0.717, 1.165) is 25.7 Å². The summed E-state index contributed by atoms with van der Waals surface area (Å²) in [6.07, 6.45) is 3.92. The molecular weight excluding hydrogens is 295 g/mol. The highest BCUT2D eigenvalue weighted by Crippen LogP contribution is 2.25. The van der Waals surface area contributed by atoms with Gasteiger partial charge in [0.1, 0.15) is 17.3 Å². The van der Waals surface area contributed by atoms with Gasteiger partial charge in [0.2, 0.25) is 0 Å². The molecule has 0 aliphatic rings. The van der Waals surface area contributed by atoms with E-state index in [9.17, 15) is 9.18 Å². The molecule has 0 spiro atoms. The van der Waals surface area contributed by atoms with E-state index in [1.165, 1.54) is 13.2 Å². The summed E-state index contributed by atoms with van der Waals surface area (Å²) in [6.45, 7) is 2.12. The van der Waals surface area contributed by atoms with Crippen molar-refractivity contribution < 1.29 is 18.7 Å². The van der Waals surface area contributed by atoms with Gasteiger partial charge < -0.3 is 9.47 Å². The molecule has 0 aliphatic heterocycles. The molecule has 0 heterocycles. The van der Waals surface area contributed by atoms with E-state index in [1.54, 1.807) is 36.4 Å². The molecule has 2 aromatic rings. The molecule has 0 unspecified atom stereocenters. The Morgan fingerprint density at radius 1 is 1.09 bits per heavy atom. The van der Waals surface area contributed by atoms with E-state index < -0.39 is 5.97 Å². The molecule has 0 aromatic heterocycles. The zero-order valence-corrected chi connectivity index (χ0v) is 13.5. The minimum absolute atomic E-state index is 0.261. The predicted octanol–water partition coefficient (Wildman–Crippen LogP) is 5.14. The number of benzene rings is 2. The first-order valence-electron chi connectivity index (χ1n) is 7.78. The lowest BCUT2D eigenvalue weighted by Gasteiger charge is -2.09. The van der Waals surface area contributed by atoms with Crippen molar-refractivity contribution in [3.05, 3.63) is 59.4 Å². The lowest BCUT2D eigenvalue weighted by atomic mass is 10.1. The minimum Gasteiger partial charge on any atom is -0.465 e. The van der Waals surface area contributed by atoms with Crippen LogP contribution in [0.1, 0.15) is 42.1 Å². The zero-order valence-electron chi connectivity index (χ0n) is 13.5. The maximum atomic E-state index is 14.1. The third-order valence-electron chi connectivity index (χ3n) is 3.57. The Hall–Kier alpha value is -2.36. The van der Waals surface area contributed by atoms with Crippen LogP contribution in [0.3, 0.4) is 0 Å². The molecule has 0 fully saturated rings. The van der Waals surface area contributed by atoms with Gasteiger partial charge >= 0.3 is 5.97 Å². The van der Waals surface area contributed by atoms with Crippen LogP contribution in [0.15, 0.2) is 42.5 Å². The SMILES string of the molecule is CCCCCc1ccc(Oc2cccc(C(=O)OC)c2)cc1F. The highest BCUT2D eigenvalue weighted by Gasteiger charge is 2.08.